The topological polar surface area (TPSA) is 108 Å². The van der Waals surface area contributed by atoms with E-state index in [9.17, 15) is 14.4 Å². The fourth-order valence-corrected chi connectivity index (χ4v) is 1.46. The molecule has 0 aromatic heterocycles. The summed E-state index contributed by atoms with van der Waals surface area (Å²) in [6.07, 6.45) is -1.32. The van der Waals surface area contributed by atoms with Crippen LogP contribution < -0.4 is 0 Å². The second-order valence-electron chi connectivity index (χ2n) is 3.77. The molecule has 0 heterocycles. The van der Waals surface area contributed by atoms with Crippen molar-refractivity contribution in [2.45, 2.75) is 39.2 Å². The zero-order valence-corrected chi connectivity index (χ0v) is 11.8. The third-order valence-electron chi connectivity index (χ3n) is 2.29. The van der Waals surface area contributed by atoms with Crippen LogP contribution in [0.25, 0.3) is 0 Å². The Morgan fingerprint density at radius 3 is 1.55 bits per heavy atom. The molecule has 0 aliphatic rings. The van der Waals surface area contributed by atoms with Gasteiger partial charge in [-0.05, 0) is 20.8 Å². The van der Waals surface area contributed by atoms with Crippen LogP contribution in [0.1, 0.15) is 33.6 Å². The molecule has 8 nitrogen and oxygen atoms in total. The van der Waals surface area contributed by atoms with E-state index in [0.717, 1.165) is 0 Å². The average Bonchev–Trinajstić information content (AvgIpc) is 2.38. The van der Waals surface area contributed by atoms with Gasteiger partial charge in [0, 0.05) is 0 Å². The lowest BCUT2D eigenvalue weighted by molar-refractivity contribution is -0.320. The summed E-state index contributed by atoms with van der Waals surface area (Å²) in [7, 11) is 0. The van der Waals surface area contributed by atoms with Gasteiger partial charge >= 0.3 is 17.9 Å². The van der Waals surface area contributed by atoms with Crippen molar-refractivity contribution in [3.05, 3.63) is 0 Å². The van der Waals surface area contributed by atoms with Crippen molar-refractivity contribution in [1.29, 1.82) is 0 Å². The summed E-state index contributed by atoms with van der Waals surface area (Å²) in [6, 6.07) is 0. The van der Waals surface area contributed by atoms with E-state index in [1.807, 2.05) is 0 Å². The highest BCUT2D eigenvalue weighted by Crippen LogP contribution is 2.24. The number of hydrogen-bond acceptors (Lipinski definition) is 8. The highest BCUT2D eigenvalue weighted by atomic mass is 17.1. The first-order valence-corrected chi connectivity index (χ1v) is 6.26. The van der Waals surface area contributed by atoms with Gasteiger partial charge < -0.3 is 14.2 Å². The van der Waals surface area contributed by atoms with Crippen molar-refractivity contribution in [2.24, 2.45) is 0 Å². The fraction of sp³-hybridized carbons (Fsp3) is 0.750. The van der Waals surface area contributed by atoms with E-state index in [0.29, 0.717) is 0 Å². The Morgan fingerprint density at radius 1 is 0.850 bits per heavy atom. The van der Waals surface area contributed by atoms with Gasteiger partial charge in [-0.1, -0.05) is 0 Å². The summed E-state index contributed by atoms with van der Waals surface area (Å²) in [5.74, 6) is -2.65. The monoisotopic (exact) mass is 292 g/mol. The van der Waals surface area contributed by atoms with E-state index in [4.69, 9.17) is 9.99 Å². The number of carbonyl (C=O) groups is 3. The Balaban J connectivity index is 5.10. The van der Waals surface area contributed by atoms with Crippen molar-refractivity contribution in [3.8, 4) is 0 Å². The van der Waals surface area contributed by atoms with E-state index < -0.39 is 36.4 Å². The SMILES string of the molecule is CCOC(=O)CC(CC(=O)OCC)(OO)C(=O)OCC. The Bertz CT molecular complexity index is 318. The first kappa shape index (κ1) is 18.3. The van der Waals surface area contributed by atoms with Crippen LogP contribution in [0.15, 0.2) is 0 Å². The minimum atomic E-state index is -2.16. The number of esters is 3. The zero-order valence-electron chi connectivity index (χ0n) is 11.8. The molecular formula is C12H20O8. The van der Waals surface area contributed by atoms with Crippen molar-refractivity contribution in [2.75, 3.05) is 19.8 Å². The molecule has 0 aliphatic carbocycles. The van der Waals surface area contributed by atoms with Gasteiger partial charge in [0.2, 0.25) is 5.60 Å². The fourth-order valence-electron chi connectivity index (χ4n) is 1.46. The van der Waals surface area contributed by atoms with Crippen LogP contribution in [-0.4, -0.2) is 48.6 Å². The molecule has 20 heavy (non-hydrogen) atoms. The van der Waals surface area contributed by atoms with E-state index in [1.165, 1.54) is 6.92 Å². The minimum Gasteiger partial charge on any atom is -0.466 e. The molecule has 0 aromatic carbocycles. The molecule has 8 heteroatoms. The molecule has 0 bridgehead atoms. The number of hydrogen-bond donors (Lipinski definition) is 1. The maximum Gasteiger partial charge on any atom is 0.343 e. The number of ether oxygens (including phenoxy) is 3. The van der Waals surface area contributed by atoms with Crippen LogP contribution in [0.2, 0.25) is 0 Å². The first-order chi connectivity index (χ1) is 9.45. The second kappa shape index (κ2) is 9.27. The maximum absolute atomic E-state index is 11.9. The average molecular weight is 292 g/mol. The quantitative estimate of drug-likeness (QED) is 0.286. The van der Waals surface area contributed by atoms with Gasteiger partial charge in [-0.2, -0.15) is 0 Å². The predicted molar refractivity (Wildman–Crippen MR) is 65.6 cm³/mol. The minimum absolute atomic E-state index is 0.00437. The molecule has 0 rings (SSSR count). The van der Waals surface area contributed by atoms with E-state index in [2.05, 4.69) is 14.4 Å². The van der Waals surface area contributed by atoms with Crippen LogP contribution in [0.5, 0.6) is 0 Å². The lowest BCUT2D eigenvalue weighted by Gasteiger charge is -2.25. The van der Waals surface area contributed by atoms with Crippen molar-refractivity contribution < 1.29 is 38.7 Å². The number of rotatable bonds is 9. The maximum atomic E-state index is 11.9. The van der Waals surface area contributed by atoms with Crippen LogP contribution in [0.4, 0.5) is 0 Å². The Hall–Kier alpha value is -1.67. The largest absolute Gasteiger partial charge is 0.466 e. The molecule has 0 aliphatic heterocycles. The van der Waals surface area contributed by atoms with E-state index in [1.54, 1.807) is 13.8 Å². The van der Waals surface area contributed by atoms with Gasteiger partial charge in [-0.3, -0.25) is 14.8 Å². The van der Waals surface area contributed by atoms with Crippen molar-refractivity contribution in [1.82, 2.24) is 0 Å². The molecule has 0 radical (unpaired) electrons. The van der Waals surface area contributed by atoms with Crippen molar-refractivity contribution in [3.63, 3.8) is 0 Å². The van der Waals surface area contributed by atoms with Crippen LogP contribution in [0.3, 0.4) is 0 Å². The molecule has 0 unspecified atom stereocenters. The molecular weight excluding hydrogens is 272 g/mol. The molecule has 0 atom stereocenters. The summed E-state index contributed by atoms with van der Waals surface area (Å²) in [6.45, 7) is 4.86. The third-order valence-corrected chi connectivity index (χ3v) is 2.29. The molecule has 116 valence electrons. The summed E-state index contributed by atoms with van der Waals surface area (Å²) < 4.78 is 14.1. The Kier molecular flexibility index (Phi) is 8.49. The summed E-state index contributed by atoms with van der Waals surface area (Å²) in [5.41, 5.74) is -2.16. The van der Waals surface area contributed by atoms with E-state index >= 15 is 0 Å². The predicted octanol–water partition coefficient (Wildman–Crippen LogP) is 0.684. The van der Waals surface area contributed by atoms with Gasteiger partial charge in [0.1, 0.15) is 0 Å². The molecule has 0 saturated heterocycles. The molecule has 0 saturated carbocycles. The van der Waals surface area contributed by atoms with Gasteiger partial charge in [0.25, 0.3) is 0 Å². The van der Waals surface area contributed by atoms with Gasteiger partial charge in [0.15, 0.2) is 0 Å². The van der Waals surface area contributed by atoms with Crippen molar-refractivity contribution >= 4 is 17.9 Å². The van der Waals surface area contributed by atoms with Crippen LogP contribution in [0, 0.1) is 0 Å². The van der Waals surface area contributed by atoms with Gasteiger partial charge in [-0.25, -0.2) is 9.68 Å². The zero-order chi connectivity index (χ0) is 15.6. The normalized spacial score (nSPS) is 10.8. The Morgan fingerprint density at radius 2 is 1.25 bits per heavy atom. The molecule has 1 N–H and O–H groups in total. The molecule has 0 amide bonds. The lowest BCUT2D eigenvalue weighted by Crippen LogP contribution is -2.46. The van der Waals surface area contributed by atoms with E-state index in [-0.39, 0.29) is 19.8 Å². The van der Waals surface area contributed by atoms with Gasteiger partial charge in [-0.15, -0.1) is 0 Å². The first-order valence-electron chi connectivity index (χ1n) is 6.26. The number of carbonyl (C=O) groups excluding carboxylic acids is 3. The third kappa shape index (κ3) is 5.54. The second-order valence-corrected chi connectivity index (χ2v) is 3.77. The molecule has 0 aromatic rings. The molecule has 0 fully saturated rings. The lowest BCUT2D eigenvalue weighted by atomic mass is 9.95. The summed E-state index contributed by atoms with van der Waals surface area (Å²) in [5, 5.41) is 8.99. The highest BCUT2D eigenvalue weighted by molar-refractivity contribution is 5.90. The summed E-state index contributed by atoms with van der Waals surface area (Å²) >= 11 is 0. The summed E-state index contributed by atoms with van der Waals surface area (Å²) in [4.78, 5) is 38.9. The smallest absolute Gasteiger partial charge is 0.343 e. The Labute approximate surface area is 116 Å². The van der Waals surface area contributed by atoms with Gasteiger partial charge in [0.05, 0.1) is 32.7 Å². The molecule has 0 spiro atoms. The van der Waals surface area contributed by atoms with Crippen LogP contribution >= 0.6 is 0 Å². The highest BCUT2D eigenvalue weighted by Gasteiger charge is 2.47. The standard InChI is InChI=1S/C12H20O8/c1-4-17-9(13)7-12(20-16,11(15)19-6-3)8-10(14)18-5-2/h16H,4-8H2,1-3H3. The van der Waals surface area contributed by atoms with Crippen LogP contribution in [-0.2, 0) is 33.5 Å².